The second-order valence-electron chi connectivity index (χ2n) is 6.65. The van der Waals surface area contributed by atoms with Gasteiger partial charge in [-0.05, 0) is 5.41 Å². The fourth-order valence-corrected chi connectivity index (χ4v) is 1.62. The van der Waals surface area contributed by atoms with E-state index in [0.29, 0.717) is 0 Å². The first-order chi connectivity index (χ1) is 8.28. The Balaban J connectivity index is 5.80. The number of Topliss-reactive ketones (excluding diaryl/α,β-unsaturated/α-hetero) is 1. The van der Waals surface area contributed by atoms with Crippen LogP contribution in [0, 0.1) is 10.8 Å². The molecule has 0 spiro atoms. The molecule has 0 bridgehead atoms. The summed E-state index contributed by atoms with van der Waals surface area (Å²) < 4.78 is 5.06. The van der Waals surface area contributed by atoms with Crippen LogP contribution in [0.5, 0.6) is 0 Å². The number of carbonyl (C=O) groups is 2. The van der Waals surface area contributed by atoms with Gasteiger partial charge in [-0.2, -0.15) is 0 Å². The molecule has 4 nitrogen and oxygen atoms in total. The normalized spacial score (nSPS) is 14.2. The topological polar surface area (TPSA) is 66.4 Å². The molecule has 0 saturated carbocycles. The Morgan fingerprint density at radius 1 is 0.947 bits per heavy atom. The van der Waals surface area contributed by atoms with Crippen molar-refractivity contribution in [2.75, 3.05) is 12.5 Å². The molecule has 0 heterocycles. The maximum absolute atomic E-state index is 12.3. The van der Waals surface area contributed by atoms with Gasteiger partial charge in [0.15, 0.2) is 17.0 Å². The lowest BCUT2D eigenvalue weighted by atomic mass is 9.81. The molecular formula is C14H24O4S. The van der Waals surface area contributed by atoms with E-state index in [2.05, 4.69) is 0 Å². The van der Waals surface area contributed by atoms with Crippen LogP contribution >= 0.6 is 0 Å². The van der Waals surface area contributed by atoms with Crippen LogP contribution in [-0.4, -0.2) is 24.3 Å². The summed E-state index contributed by atoms with van der Waals surface area (Å²) in [5.41, 5.74) is -1.94. The van der Waals surface area contributed by atoms with E-state index in [0.717, 1.165) is 0 Å². The molecule has 0 aliphatic carbocycles. The van der Waals surface area contributed by atoms with E-state index in [-0.39, 0.29) is 5.57 Å². The smallest absolute Gasteiger partial charge is 0.397 e. The third kappa shape index (κ3) is 5.27. The number of allylic oxidation sites excluding steroid dienone is 1. The summed E-state index contributed by atoms with van der Waals surface area (Å²) in [6, 6.07) is 0. The van der Waals surface area contributed by atoms with E-state index in [4.69, 9.17) is 4.18 Å². The number of hydrogen-bond donors (Lipinski definition) is 0. The van der Waals surface area contributed by atoms with E-state index in [1.807, 2.05) is 0 Å². The zero-order valence-electron chi connectivity index (χ0n) is 13.0. The summed E-state index contributed by atoms with van der Waals surface area (Å²) in [5.74, 6) is -1.75. The Hall–Kier alpha value is -0.970. The van der Waals surface area contributed by atoms with Gasteiger partial charge in [0.25, 0.3) is 0 Å². The zero-order chi connectivity index (χ0) is 15.6. The lowest BCUT2D eigenvalue weighted by molar-refractivity contribution is -0.323. The van der Waals surface area contributed by atoms with Crippen LogP contribution in [0.15, 0.2) is 11.3 Å². The molecule has 0 fully saturated rings. The highest BCUT2D eigenvalue weighted by Crippen LogP contribution is 2.29. The van der Waals surface area contributed by atoms with Gasteiger partial charge < -0.3 is 5.11 Å². The second kappa shape index (κ2) is 5.99. The van der Waals surface area contributed by atoms with Crippen LogP contribution < -0.4 is 5.11 Å². The first kappa shape index (κ1) is 18.0. The minimum atomic E-state index is -0.812. The van der Waals surface area contributed by atoms with Crippen LogP contribution in [-0.2, 0) is 24.9 Å². The molecule has 0 atom stereocenters. The average Bonchev–Trinajstić information content (AvgIpc) is 2.13. The maximum Gasteiger partial charge on any atom is 0.397 e. The summed E-state index contributed by atoms with van der Waals surface area (Å²) in [6.07, 6.45) is 3.41. The Morgan fingerprint density at radius 3 is 1.63 bits per heavy atom. The fraction of sp³-hybridized carbons (Fsp3) is 0.714. The Morgan fingerprint density at radius 2 is 1.37 bits per heavy atom. The average molecular weight is 288 g/mol. The van der Waals surface area contributed by atoms with Crippen LogP contribution in [0.4, 0.5) is 0 Å². The van der Waals surface area contributed by atoms with Crippen molar-refractivity contribution < 1.29 is 18.9 Å². The van der Waals surface area contributed by atoms with Crippen molar-refractivity contribution in [3.63, 3.8) is 0 Å². The van der Waals surface area contributed by atoms with Gasteiger partial charge in [0.2, 0.25) is 0 Å². The maximum atomic E-state index is 12.3. The molecule has 0 radical (unpaired) electrons. The van der Waals surface area contributed by atoms with Crippen molar-refractivity contribution in [3.05, 3.63) is 11.3 Å². The monoisotopic (exact) mass is 288 g/mol. The molecule has 19 heavy (non-hydrogen) atoms. The van der Waals surface area contributed by atoms with Gasteiger partial charge >= 0.3 is 5.97 Å². The van der Waals surface area contributed by atoms with E-state index in [1.54, 1.807) is 54.1 Å². The summed E-state index contributed by atoms with van der Waals surface area (Å²) in [4.78, 5) is 24.4. The minimum absolute atomic E-state index is 0.346. The Kier molecular flexibility index (Phi) is 5.68. The molecule has 0 aliphatic heterocycles. The SMILES string of the molecule is C[S+](C)OC(=O)/C(C(=O)C(C)(C)C)=C(/[O-])C(C)(C)C. The van der Waals surface area contributed by atoms with Gasteiger partial charge in [0.05, 0.1) is 5.57 Å². The fourth-order valence-electron chi connectivity index (χ4n) is 1.23. The summed E-state index contributed by atoms with van der Waals surface area (Å²) in [5, 5.41) is 12.3. The van der Waals surface area contributed by atoms with Crippen LogP contribution in [0.3, 0.4) is 0 Å². The molecule has 110 valence electrons. The molecule has 5 heteroatoms. The lowest BCUT2D eigenvalue weighted by Crippen LogP contribution is -2.35. The summed E-state index contributed by atoms with van der Waals surface area (Å²) in [6.45, 7) is 10.1. The molecule has 0 rings (SSSR count). The van der Waals surface area contributed by atoms with Crippen molar-refractivity contribution in [3.8, 4) is 0 Å². The number of hydrogen-bond acceptors (Lipinski definition) is 4. The van der Waals surface area contributed by atoms with Gasteiger partial charge in [-0.1, -0.05) is 41.5 Å². The lowest BCUT2D eigenvalue weighted by Gasteiger charge is -2.31. The summed E-state index contributed by atoms with van der Waals surface area (Å²) >= 11 is -0.628. The van der Waals surface area contributed by atoms with Gasteiger partial charge in [0.1, 0.15) is 12.5 Å². The molecule has 0 unspecified atom stereocenters. The van der Waals surface area contributed by atoms with Crippen molar-refractivity contribution in [2.45, 2.75) is 41.5 Å². The highest BCUT2D eigenvalue weighted by molar-refractivity contribution is 7.91. The molecule has 0 aromatic rings. The van der Waals surface area contributed by atoms with Gasteiger partial charge in [-0.15, -0.1) is 5.76 Å². The van der Waals surface area contributed by atoms with E-state index in [1.165, 1.54) is 0 Å². The number of rotatable bonds is 3. The van der Waals surface area contributed by atoms with Crippen LogP contribution in [0.1, 0.15) is 41.5 Å². The van der Waals surface area contributed by atoms with Crippen LogP contribution in [0.2, 0.25) is 0 Å². The zero-order valence-corrected chi connectivity index (χ0v) is 13.9. The van der Waals surface area contributed by atoms with Crippen molar-refractivity contribution in [1.82, 2.24) is 0 Å². The first-order valence-corrected chi connectivity index (χ1v) is 8.02. The van der Waals surface area contributed by atoms with Crippen molar-refractivity contribution in [2.24, 2.45) is 10.8 Å². The molecular weight excluding hydrogens is 264 g/mol. The largest absolute Gasteiger partial charge is 0.874 e. The molecule has 0 saturated heterocycles. The molecule has 0 aromatic heterocycles. The van der Waals surface area contributed by atoms with Crippen LogP contribution in [0.25, 0.3) is 0 Å². The Bertz CT molecular complexity index is 395. The van der Waals surface area contributed by atoms with Gasteiger partial charge in [-0.25, -0.2) is 8.98 Å². The number of carbonyl (C=O) groups excluding carboxylic acids is 2. The molecule has 0 amide bonds. The van der Waals surface area contributed by atoms with E-state index < -0.39 is 39.5 Å². The van der Waals surface area contributed by atoms with Crippen molar-refractivity contribution >= 4 is 22.9 Å². The molecule has 0 aromatic carbocycles. The highest BCUT2D eigenvalue weighted by atomic mass is 32.2. The third-order valence-corrected chi connectivity index (χ3v) is 2.75. The van der Waals surface area contributed by atoms with Gasteiger partial charge in [-0.3, -0.25) is 4.79 Å². The van der Waals surface area contributed by atoms with E-state index >= 15 is 0 Å². The number of ketones is 1. The quantitative estimate of drug-likeness (QED) is 0.260. The predicted molar refractivity (Wildman–Crippen MR) is 76.2 cm³/mol. The predicted octanol–water partition coefficient (Wildman–Crippen LogP) is 1.60. The van der Waals surface area contributed by atoms with Gasteiger partial charge in [0, 0.05) is 5.41 Å². The molecule has 0 aliphatic rings. The van der Waals surface area contributed by atoms with E-state index in [9.17, 15) is 14.7 Å². The Labute approximate surface area is 118 Å². The first-order valence-electron chi connectivity index (χ1n) is 6.05. The third-order valence-electron chi connectivity index (χ3n) is 2.26. The second-order valence-corrected chi connectivity index (χ2v) is 8.30. The minimum Gasteiger partial charge on any atom is -0.874 e. The molecule has 0 N–H and O–H groups in total. The summed E-state index contributed by atoms with van der Waals surface area (Å²) in [7, 11) is 0. The van der Waals surface area contributed by atoms with Crippen molar-refractivity contribution in [1.29, 1.82) is 0 Å². The standard InChI is InChI=1S/C14H24O4S/c1-13(2,3)10(15)9(11(16)14(4,5)6)12(17)18-19(7)8/h1-8H3. The highest BCUT2D eigenvalue weighted by Gasteiger charge is 2.35.